The Morgan fingerprint density at radius 1 is 1.45 bits per heavy atom. The van der Waals surface area contributed by atoms with Gasteiger partial charge in [-0.15, -0.1) is 11.3 Å². The van der Waals surface area contributed by atoms with E-state index in [1.807, 2.05) is 6.92 Å². The maximum absolute atomic E-state index is 10.8. The van der Waals surface area contributed by atoms with Crippen molar-refractivity contribution in [2.24, 2.45) is 0 Å². The zero-order valence-corrected chi connectivity index (χ0v) is 8.48. The molecule has 0 aliphatic rings. The van der Waals surface area contributed by atoms with Crippen LogP contribution in [0.4, 0.5) is 0 Å². The lowest BCUT2D eigenvalue weighted by molar-refractivity contribution is 0.611. The third-order valence-electron chi connectivity index (χ3n) is 1.22. The van der Waals surface area contributed by atoms with E-state index in [-0.39, 0.29) is 4.21 Å². The molecule has 0 saturated heterocycles. The molecule has 0 atom stereocenters. The zero-order valence-electron chi connectivity index (χ0n) is 6.09. The SMILES string of the molecule is Cc1cc(C)c(S(=O)(=O)Cl)s1. The maximum Gasteiger partial charge on any atom is 0.271 e. The van der Waals surface area contributed by atoms with Crippen LogP contribution in [-0.2, 0) is 9.05 Å². The highest BCUT2D eigenvalue weighted by Gasteiger charge is 2.15. The van der Waals surface area contributed by atoms with Crippen molar-refractivity contribution in [1.29, 1.82) is 0 Å². The Morgan fingerprint density at radius 2 is 2.00 bits per heavy atom. The summed E-state index contributed by atoms with van der Waals surface area (Å²) < 4.78 is 21.9. The van der Waals surface area contributed by atoms with E-state index in [2.05, 4.69) is 0 Å². The molecule has 1 aromatic heterocycles. The Labute approximate surface area is 74.2 Å². The van der Waals surface area contributed by atoms with E-state index in [0.717, 1.165) is 10.4 Å². The van der Waals surface area contributed by atoms with Gasteiger partial charge in [-0.1, -0.05) is 0 Å². The van der Waals surface area contributed by atoms with Gasteiger partial charge in [0, 0.05) is 15.6 Å². The molecule has 1 heterocycles. The van der Waals surface area contributed by atoms with E-state index in [4.69, 9.17) is 10.7 Å². The second-order valence-corrected chi connectivity index (χ2v) is 6.28. The average molecular weight is 211 g/mol. The molecule has 0 bridgehead atoms. The Morgan fingerprint density at radius 3 is 2.18 bits per heavy atom. The standard InChI is InChI=1S/C6H7ClO2S2/c1-4-3-5(2)10-6(4)11(7,8)9/h3H,1-2H3. The van der Waals surface area contributed by atoms with Crippen molar-refractivity contribution in [3.05, 3.63) is 16.5 Å². The van der Waals surface area contributed by atoms with E-state index in [0.29, 0.717) is 0 Å². The summed E-state index contributed by atoms with van der Waals surface area (Å²) >= 11 is 1.20. The molecule has 0 aliphatic heterocycles. The fraction of sp³-hybridized carbons (Fsp3) is 0.333. The zero-order chi connectivity index (χ0) is 8.65. The molecule has 2 nitrogen and oxygen atoms in total. The number of hydrogen-bond acceptors (Lipinski definition) is 3. The largest absolute Gasteiger partial charge is 0.271 e. The third kappa shape index (κ3) is 1.95. The molecule has 1 aromatic rings. The van der Waals surface area contributed by atoms with Gasteiger partial charge < -0.3 is 0 Å². The fourth-order valence-electron chi connectivity index (χ4n) is 0.862. The van der Waals surface area contributed by atoms with Crippen molar-refractivity contribution in [3.63, 3.8) is 0 Å². The van der Waals surface area contributed by atoms with Gasteiger partial charge in [-0.25, -0.2) is 8.42 Å². The van der Waals surface area contributed by atoms with Crippen LogP contribution in [0.5, 0.6) is 0 Å². The molecular formula is C6H7ClO2S2. The second kappa shape index (κ2) is 2.77. The lowest BCUT2D eigenvalue weighted by atomic mass is 10.4. The number of thiophene rings is 1. The molecule has 0 saturated carbocycles. The normalized spacial score (nSPS) is 11.9. The van der Waals surface area contributed by atoms with Crippen LogP contribution < -0.4 is 0 Å². The van der Waals surface area contributed by atoms with Crippen LogP contribution in [0, 0.1) is 13.8 Å². The molecule has 0 unspecified atom stereocenters. The Bertz CT molecular complexity index is 364. The van der Waals surface area contributed by atoms with Gasteiger partial charge in [-0.2, -0.15) is 0 Å². The quantitative estimate of drug-likeness (QED) is 0.667. The lowest BCUT2D eigenvalue weighted by Crippen LogP contribution is -1.87. The molecule has 0 aliphatic carbocycles. The fourth-order valence-corrected chi connectivity index (χ4v) is 3.49. The molecular weight excluding hydrogens is 204 g/mol. The maximum atomic E-state index is 10.8. The van der Waals surface area contributed by atoms with Crippen LogP contribution in [0.1, 0.15) is 10.4 Å². The van der Waals surface area contributed by atoms with Crippen LogP contribution >= 0.6 is 22.0 Å². The number of hydrogen-bond donors (Lipinski definition) is 0. The van der Waals surface area contributed by atoms with E-state index in [9.17, 15) is 8.42 Å². The summed E-state index contributed by atoms with van der Waals surface area (Å²) in [4.78, 5) is 0.960. The summed E-state index contributed by atoms with van der Waals surface area (Å²) in [6.45, 7) is 3.59. The molecule has 5 heteroatoms. The molecule has 1 rings (SSSR count). The van der Waals surface area contributed by atoms with Gasteiger partial charge >= 0.3 is 0 Å². The van der Waals surface area contributed by atoms with Gasteiger partial charge in [-0.05, 0) is 25.5 Å². The van der Waals surface area contributed by atoms with Crippen LogP contribution in [0.2, 0.25) is 0 Å². The Balaban J connectivity index is 3.36. The van der Waals surface area contributed by atoms with E-state index in [1.54, 1.807) is 13.0 Å². The number of rotatable bonds is 1. The van der Waals surface area contributed by atoms with Crippen molar-refractivity contribution in [3.8, 4) is 0 Å². The lowest BCUT2D eigenvalue weighted by Gasteiger charge is -1.89. The smallest absolute Gasteiger partial charge is 0.206 e. The van der Waals surface area contributed by atoms with Gasteiger partial charge in [0.05, 0.1) is 0 Å². The molecule has 0 fully saturated rings. The molecule has 0 amide bonds. The summed E-state index contributed by atoms with van der Waals surface area (Å²) in [7, 11) is 1.64. The van der Waals surface area contributed by atoms with E-state index in [1.165, 1.54) is 11.3 Å². The van der Waals surface area contributed by atoms with Gasteiger partial charge in [0.2, 0.25) is 0 Å². The van der Waals surface area contributed by atoms with Gasteiger partial charge in [0.25, 0.3) is 9.05 Å². The Hall–Kier alpha value is -0.0600. The summed E-state index contributed by atoms with van der Waals surface area (Å²) in [5.74, 6) is 0. The van der Waals surface area contributed by atoms with Crippen molar-refractivity contribution in [1.82, 2.24) is 0 Å². The van der Waals surface area contributed by atoms with Gasteiger partial charge in [0.15, 0.2) is 0 Å². The van der Waals surface area contributed by atoms with Crippen molar-refractivity contribution in [2.45, 2.75) is 18.1 Å². The topological polar surface area (TPSA) is 34.1 Å². The summed E-state index contributed by atoms with van der Waals surface area (Å²) in [5, 5.41) is 0. The minimum absolute atomic E-state index is 0.261. The summed E-state index contributed by atoms with van der Waals surface area (Å²) in [6, 6.07) is 1.81. The first-order chi connectivity index (χ1) is 4.91. The highest BCUT2D eigenvalue weighted by molar-refractivity contribution is 8.15. The third-order valence-corrected chi connectivity index (χ3v) is 4.57. The minimum Gasteiger partial charge on any atom is -0.206 e. The summed E-state index contributed by atoms with van der Waals surface area (Å²) in [6.07, 6.45) is 0. The molecule has 62 valence electrons. The van der Waals surface area contributed by atoms with Gasteiger partial charge in [0.1, 0.15) is 4.21 Å². The van der Waals surface area contributed by atoms with Crippen LogP contribution in [0.25, 0.3) is 0 Å². The molecule has 0 radical (unpaired) electrons. The van der Waals surface area contributed by atoms with E-state index < -0.39 is 9.05 Å². The number of halogens is 1. The monoisotopic (exact) mass is 210 g/mol. The molecule has 0 aromatic carbocycles. The first-order valence-corrected chi connectivity index (χ1v) is 6.05. The predicted octanol–water partition coefficient (Wildman–Crippen LogP) is 2.29. The average Bonchev–Trinajstić information content (AvgIpc) is 2.08. The minimum atomic E-state index is -3.52. The predicted molar refractivity (Wildman–Crippen MR) is 46.8 cm³/mol. The highest BCUT2D eigenvalue weighted by Crippen LogP contribution is 2.28. The van der Waals surface area contributed by atoms with Crippen molar-refractivity contribution in [2.75, 3.05) is 0 Å². The van der Waals surface area contributed by atoms with Gasteiger partial charge in [-0.3, -0.25) is 0 Å². The van der Waals surface area contributed by atoms with Crippen LogP contribution in [-0.4, -0.2) is 8.42 Å². The Kier molecular flexibility index (Phi) is 2.27. The molecule has 11 heavy (non-hydrogen) atoms. The van der Waals surface area contributed by atoms with Crippen LogP contribution in [0.15, 0.2) is 10.3 Å². The second-order valence-electron chi connectivity index (χ2n) is 2.27. The molecule has 0 N–H and O–H groups in total. The molecule has 0 spiro atoms. The number of aryl methyl sites for hydroxylation is 2. The van der Waals surface area contributed by atoms with Crippen molar-refractivity contribution < 1.29 is 8.42 Å². The summed E-state index contributed by atoms with van der Waals surface area (Å²) in [5.41, 5.74) is 0.725. The van der Waals surface area contributed by atoms with E-state index >= 15 is 0 Å². The first-order valence-electron chi connectivity index (χ1n) is 2.93. The first kappa shape index (κ1) is 9.03. The van der Waals surface area contributed by atoms with Crippen LogP contribution in [0.3, 0.4) is 0 Å². The van der Waals surface area contributed by atoms with Crippen molar-refractivity contribution >= 4 is 31.1 Å². The highest BCUT2D eigenvalue weighted by atomic mass is 35.7.